The van der Waals surface area contributed by atoms with Gasteiger partial charge in [-0.05, 0) is 61.0 Å². The largest absolute Gasteiger partial charge is 0.508 e. The molecule has 0 bridgehead atoms. The van der Waals surface area contributed by atoms with Crippen LogP contribution >= 0.6 is 0 Å². The Balaban J connectivity index is 1.04. The van der Waals surface area contributed by atoms with E-state index in [9.17, 15) is 9.90 Å². The summed E-state index contributed by atoms with van der Waals surface area (Å²) in [6.07, 6.45) is 7.75. The molecule has 0 radical (unpaired) electrons. The zero-order chi connectivity index (χ0) is 22.7. The van der Waals surface area contributed by atoms with Crippen LogP contribution in [-0.2, 0) is 11.3 Å². The van der Waals surface area contributed by atoms with Crippen LogP contribution in [0.15, 0.2) is 60.7 Å². The van der Waals surface area contributed by atoms with Gasteiger partial charge in [0.25, 0.3) is 0 Å². The molecule has 174 valence electrons. The summed E-state index contributed by atoms with van der Waals surface area (Å²) in [6, 6.07) is 17.9. The molecule has 0 aromatic heterocycles. The number of piperazine rings is 1. The lowest BCUT2D eigenvalue weighted by molar-refractivity contribution is -0.135. The van der Waals surface area contributed by atoms with Crippen molar-refractivity contribution in [1.29, 1.82) is 0 Å². The van der Waals surface area contributed by atoms with Crippen LogP contribution in [-0.4, -0.2) is 71.5 Å². The number of nitrogens with zero attached hydrogens (tertiary/aromatic N) is 3. The van der Waals surface area contributed by atoms with Gasteiger partial charge >= 0.3 is 0 Å². The van der Waals surface area contributed by atoms with E-state index < -0.39 is 0 Å². The van der Waals surface area contributed by atoms with E-state index in [1.54, 1.807) is 12.1 Å². The van der Waals surface area contributed by atoms with Gasteiger partial charge in [-0.2, -0.15) is 0 Å². The minimum absolute atomic E-state index is 0.248. The summed E-state index contributed by atoms with van der Waals surface area (Å²) >= 11 is 0. The summed E-state index contributed by atoms with van der Waals surface area (Å²) in [4.78, 5) is 20.2. The first-order valence-corrected chi connectivity index (χ1v) is 12.3. The van der Waals surface area contributed by atoms with Gasteiger partial charge in [0.05, 0.1) is 0 Å². The van der Waals surface area contributed by atoms with Crippen LogP contribution in [0.1, 0.15) is 30.4 Å². The number of carbonyl (C=O) groups excluding carboxylic acids is 1. The zero-order valence-electron chi connectivity index (χ0n) is 19.4. The Morgan fingerprint density at radius 3 is 2.30 bits per heavy atom. The Morgan fingerprint density at radius 1 is 0.909 bits per heavy atom. The van der Waals surface area contributed by atoms with Crippen molar-refractivity contribution in [3.63, 3.8) is 0 Å². The minimum atomic E-state index is 0.248. The molecule has 1 saturated carbocycles. The number of phenolic OH excluding ortho intramolecular Hbond substituents is 1. The van der Waals surface area contributed by atoms with Crippen LogP contribution in [0.3, 0.4) is 0 Å². The number of likely N-dealkylation sites (tertiary alicyclic amines) is 1. The van der Waals surface area contributed by atoms with Crippen LogP contribution in [0, 0.1) is 11.3 Å². The molecule has 3 fully saturated rings. The molecule has 3 aliphatic rings. The predicted octanol–water partition coefficient (Wildman–Crippen LogP) is 3.85. The summed E-state index contributed by atoms with van der Waals surface area (Å²) in [6.45, 7) is 7.64. The molecular formula is C28H35N3O2. The summed E-state index contributed by atoms with van der Waals surface area (Å²) < 4.78 is 0. The van der Waals surface area contributed by atoms with Gasteiger partial charge in [0.1, 0.15) is 5.75 Å². The van der Waals surface area contributed by atoms with Crippen LogP contribution in [0.2, 0.25) is 0 Å². The Labute approximate surface area is 197 Å². The molecule has 2 heterocycles. The summed E-state index contributed by atoms with van der Waals surface area (Å²) in [7, 11) is 0. The van der Waals surface area contributed by atoms with Gasteiger partial charge < -0.3 is 10.0 Å². The highest BCUT2D eigenvalue weighted by molar-refractivity contribution is 5.83. The smallest absolute Gasteiger partial charge is 0.226 e. The number of hydrogen-bond donors (Lipinski definition) is 1. The standard InChI is InChI=1S/C28H35N3O2/c32-25-10-8-24(9-11-25)22-30-15-12-28(13-16-30)21-26(28)27(33)31-19-17-29(18-20-31)14-4-7-23-5-2-1-3-6-23/h1-11,26,32H,12-22H2. The highest BCUT2D eigenvalue weighted by Gasteiger charge is 2.59. The maximum atomic E-state index is 13.2. The minimum Gasteiger partial charge on any atom is -0.508 e. The first-order chi connectivity index (χ1) is 16.1. The maximum Gasteiger partial charge on any atom is 0.226 e. The molecule has 2 saturated heterocycles. The number of aromatic hydroxyl groups is 1. The molecule has 5 nitrogen and oxygen atoms in total. The van der Waals surface area contributed by atoms with E-state index in [4.69, 9.17) is 0 Å². The molecular weight excluding hydrogens is 410 g/mol. The lowest BCUT2D eigenvalue weighted by Gasteiger charge is -2.36. The number of amides is 1. The molecule has 1 N–H and O–H groups in total. The van der Waals surface area contributed by atoms with Gasteiger partial charge in [-0.15, -0.1) is 0 Å². The molecule has 1 amide bonds. The van der Waals surface area contributed by atoms with Crippen molar-refractivity contribution in [1.82, 2.24) is 14.7 Å². The van der Waals surface area contributed by atoms with E-state index in [0.717, 1.165) is 71.6 Å². The Morgan fingerprint density at radius 2 is 1.61 bits per heavy atom. The second-order valence-electron chi connectivity index (χ2n) is 10.0. The number of phenols is 1. The third-order valence-corrected chi connectivity index (χ3v) is 7.84. The number of hydrogen-bond acceptors (Lipinski definition) is 4. The van der Waals surface area contributed by atoms with Gasteiger partial charge in [0.2, 0.25) is 5.91 Å². The number of carbonyl (C=O) groups is 1. The van der Waals surface area contributed by atoms with E-state index in [1.807, 2.05) is 18.2 Å². The van der Waals surface area contributed by atoms with Gasteiger partial charge in [0.15, 0.2) is 0 Å². The summed E-state index contributed by atoms with van der Waals surface area (Å²) in [5.41, 5.74) is 2.74. The highest BCUT2D eigenvalue weighted by atomic mass is 16.3. The number of rotatable bonds is 6. The molecule has 5 heteroatoms. The third-order valence-electron chi connectivity index (χ3n) is 7.84. The van der Waals surface area contributed by atoms with Crippen molar-refractivity contribution in [3.8, 4) is 5.75 Å². The van der Waals surface area contributed by atoms with Crippen molar-refractivity contribution >= 4 is 12.0 Å². The predicted molar refractivity (Wildman–Crippen MR) is 132 cm³/mol. The van der Waals surface area contributed by atoms with Crippen LogP contribution in [0.25, 0.3) is 6.08 Å². The molecule has 1 unspecified atom stereocenters. The first-order valence-electron chi connectivity index (χ1n) is 12.3. The quantitative estimate of drug-likeness (QED) is 0.734. The van der Waals surface area contributed by atoms with Crippen LogP contribution in [0.5, 0.6) is 5.75 Å². The molecule has 5 rings (SSSR count). The summed E-state index contributed by atoms with van der Waals surface area (Å²) in [5.74, 6) is 0.972. The SMILES string of the molecule is O=C(C1CC12CCN(Cc1ccc(O)cc1)CC2)N1CCN(CC=Cc2ccccc2)CC1. The number of benzene rings is 2. The van der Waals surface area contributed by atoms with Gasteiger partial charge in [-0.3, -0.25) is 14.6 Å². The Hall–Kier alpha value is -2.63. The van der Waals surface area contributed by atoms with Crippen molar-refractivity contribution in [2.45, 2.75) is 25.8 Å². The van der Waals surface area contributed by atoms with Gasteiger partial charge in [-0.25, -0.2) is 0 Å². The highest BCUT2D eigenvalue weighted by Crippen LogP contribution is 2.60. The van der Waals surface area contributed by atoms with E-state index in [-0.39, 0.29) is 11.3 Å². The Bertz CT molecular complexity index is 956. The molecule has 1 aliphatic carbocycles. The molecule has 2 aliphatic heterocycles. The molecule has 1 spiro atoms. The first kappa shape index (κ1) is 22.2. The van der Waals surface area contributed by atoms with E-state index in [1.165, 1.54) is 11.1 Å². The number of piperidine rings is 1. The fourth-order valence-electron chi connectivity index (χ4n) is 5.54. The lowest BCUT2D eigenvalue weighted by Crippen LogP contribution is -2.49. The van der Waals surface area contributed by atoms with Crippen LogP contribution in [0.4, 0.5) is 0 Å². The molecule has 1 atom stereocenters. The third kappa shape index (κ3) is 5.31. The van der Waals surface area contributed by atoms with E-state index in [0.29, 0.717) is 11.7 Å². The fraction of sp³-hybridized carbons (Fsp3) is 0.464. The van der Waals surface area contributed by atoms with Gasteiger partial charge in [0, 0.05) is 45.2 Å². The monoisotopic (exact) mass is 445 g/mol. The average molecular weight is 446 g/mol. The van der Waals surface area contributed by atoms with Crippen molar-refractivity contribution in [3.05, 3.63) is 71.8 Å². The topological polar surface area (TPSA) is 47.0 Å². The fourth-order valence-corrected chi connectivity index (χ4v) is 5.54. The summed E-state index contributed by atoms with van der Waals surface area (Å²) in [5, 5.41) is 9.47. The van der Waals surface area contributed by atoms with Crippen molar-refractivity contribution in [2.75, 3.05) is 45.8 Å². The second kappa shape index (κ2) is 9.70. The van der Waals surface area contributed by atoms with Crippen LogP contribution < -0.4 is 0 Å². The molecule has 2 aromatic rings. The van der Waals surface area contributed by atoms with Crippen molar-refractivity contribution in [2.24, 2.45) is 11.3 Å². The zero-order valence-corrected chi connectivity index (χ0v) is 19.4. The van der Waals surface area contributed by atoms with Crippen molar-refractivity contribution < 1.29 is 9.90 Å². The normalized spacial score (nSPS) is 23.3. The lowest BCUT2D eigenvalue weighted by atomic mass is 9.90. The second-order valence-corrected chi connectivity index (χ2v) is 10.0. The molecule has 2 aromatic carbocycles. The van der Waals surface area contributed by atoms with Gasteiger partial charge in [-0.1, -0.05) is 54.6 Å². The van der Waals surface area contributed by atoms with E-state index in [2.05, 4.69) is 51.1 Å². The average Bonchev–Trinajstić information content (AvgIpc) is 3.56. The van der Waals surface area contributed by atoms with E-state index >= 15 is 0 Å². The Kier molecular flexibility index (Phi) is 6.52. The maximum absolute atomic E-state index is 13.2. The molecule has 33 heavy (non-hydrogen) atoms.